The number of rotatable bonds is 4. The van der Waals surface area contributed by atoms with Crippen molar-refractivity contribution in [1.29, 1.82) is 0 Å². The fourth-order valence-corrected chi connectivity index (χ4v) is 3.81. The zero-order valence-corrected chi connectivity index (χ0v) is 16.5. The molecule has 0 bridgehead atoms. The highest BCUT2D eigenvalue weighted by molar-refractivity contribution is 5.93. The number of nitrogens with zero attached hydrogens (tertiary/aromatic N) is 3. The molecule has 30 heavy (non-hydrogen) atoms. The first-order valence-electron chi connectivity index (χ1n) is 10.1. The summed E-state index contributed by atoms with van der Waals surface area (Å²) < 4.78 is 13.7. The number of para-hydroxylation sites is 1. The van der Waals surface area contributed by atoms with Crippen LogP contribution in [0.3, 0.4) is 0 Å². The summed E-state index contributed by atoms with van der Waals surface area (Å²) in [6.45, 7) is 4.06. The summed E-state index contributed by atoms with van der Waals surface area (Å²) in [5.74, 6) is 0.253. The lowest BCUT2D eigenvalue weighted by Gasteiger charge is -2.29. The van der Waals surface area contributed by atoms with Crippen LogP contribution < -0.4 is 15.5 Å². The van der Waals surface area contributed by atoms with Crippen molar-refractivity contribution in [2.45, 2.75) is 0 Å². The van der Waals surface area contributed by atoms with E-state index in [1.54, 1.807) is 12.3 Å². The second-order valence-corrected chi connectivity index (χ2v) is 7.36. The van der Waals surface area contributed by atoms with E-state index in [1.807, 2.05) is 36.4 Å². The molecule has 0 unspecified atom stereocenters. The molecule has 0 aliphatic carbocycles. The number of nitrogens with one attached hydrogen (secondary N) is 2. The van der Waals surface area contributed by atoms with Gasteiger partial charge in [0.2, 0.25) is 5.95 Å². The molecule has 3 aromatic carbocycles. The van der Waals surface area contributed by atoms with Gasteiger partial charge < -0.3 is 15.5 Å². The molecule has 4 aromatic rings. The quantitative estimate of drug-likeness (QED) is 0.526. The van der Waals surface area contributed by atoms with Gasteiger partial charge in [0.15, 0.2) is 0 Å². The van der Waals surface area contributed by atoms with E-state index in [4.69, 9.17) is 4.98 Å². The van der Waals surface area contributed by atoms with Crippen molar-refractivity contribution in [3.63, 3.8) is 0 Å². The molecule has 0 amide bonds. The maximum absolute atomic E-state index is 13.7. The Bertz CT molecular complexity index is 1170. The van der Waals surface area contributed by atoms with Gasteiger partial charge in [-0.25, -0.2) is 14.4 Å². The second-order valence-electron chi connectivity index (χ2n) is 7.36. The number of hydrogen-bond donors (Lipinski definition) is 2. The molecule has 1 aliphatic heterocycles. The van der Waals surface area contributed by atoms with Gasteiger partial charge in [0.25, 0.3) is 0 Å². The molecule has 0 saturated carbocycles. The third kappa shape index (κ3) is 3.82. The highest BCUT2D eigenvalue weighted by atomic mass is 19.1. The maximum atomic E-state index is 13.7. The standard InChI is InChI=1S/C24H22FN5/c25-19-5-1-3-17(15-19)22-6-2-4-18-16-27-24(29-23(18)22)28-20-7-9-21(10-8-20)30-13-11-26-12-14-30/h1-10,15-16,26H,11-14H2,(H,27,28,29). The van der Waals surface area contributed by atoms with Crippen molar-refractivity contribution in [3.05, 3.63) is 78.7 Å². The van der Waals surface area contributed by atoms with Crippen LogP contribution in [0.5, 0.6) is 0 Å². The van der Waals surface area contributed by atoms with Gasteiger partial charge in [0.05, 0.1) is 5.52 Å². The summed E-state index contributed by atoms with van der Waals surface area (Å²) in [6.07, 6.45) is 1.79. The summed E-state index contributed by atoms with van der Waals surface area (Å²) in [5, 5.41) is 7.57. The lowest BCUT2D eigenvalue weighted by Crippen LogP contribution is -2.43. The van der Waals surface area contributed by atoms with Crippen molar-refractivity contribution in [3.8, 4) is 11.1 Å². The zero-order chi connectivity index (χ0) is 20.3. The van der Waals surface area contributed by atoms with Gasteiger partial charge in [-0.3, -0.25) is 0 Å². The van der Waals surface area contributed by atoms with Crippen molar-refractivity contribution in [2.24, 2.45) is 0 Å². The molecule has 5 nitrogen and oxygen atoms in total. The Hall–Kier alpha value is -3.51. The first-order chi connectivity index (χ1) is 14.8. The summed E-state index contributed by atoms with van der Waals surface area (Å²) in [4.78, 5) is 11.6. The van der Waals surface area contributed by atoms with Gasteiger partial charge in [-0.05, 0) is 42.0 Å². The molecule has 1 saturated heterocycles. The smallest absolute Gasteiger partial charge is 0.227 e. The van der Waals surface area contributed by atoms with E-state index < -0.39 is 0 Å². The minimum atomic E-state index is -0.263. The summed E-state index contributed by atoms with van der Waals surface area (Å²) in [5.41, 5.74) is 4.61. The minimum Gasteiger partial charge on any atom is -0.369 e. The lowest BCUT2D eigenvalue weighted by atomic mass is 10.0. The summed E-state index contributed by atoms with van der Waals surface area (Å²) in [6, 6.07) is 20.8. The number of fused-ring (bicyclic) bond motifs is 1. The average Bonchev–Trinajstić information content (AvgIpc) is 2.80. The van der Waals surface area contributed by atoms with E-state index in [2.05, 4.69) is 32.7 Å². The van der Waals surface area contributed by atoms with E-state index in [-0.39, 0.29) is 5.82 Å². The van der Waals surface area contributed by atoms with Crippen LogP contribution in [0.15, 0.2) is 72.9 Å². The molecule has 2 N–H and O–H groups in total. The number of piperazine rings is 1. The van der Waals surface area contributed by atoms with Gasteiger partial charge in [0, 0.05) is 54.7 Å². The van der Waals surface area contributed by atoms with Crippen LogP contribution in [0.2, 0.25) is 0 Å². The monoisotopic (exact) mass is 399 g/mol. The Kier molecular flexibility index (Phi) is 4.99. The van der Waals surface area contributed by atoms with Crippen LogP contribution in [-0.2, 0) is 0 Å². The Balaban J connectivity index is 1.43. The molecule has 150 valence electrons. The van der Waals surface area contributed by atoms with Crippen molar-refractivity contribution in [2.75, 3.05) is 36.4 Å². The zero-order valence-electron chi connectivity index (χ0n) is 16.5. The minimum absolute atomic E-state index is 0.263. The van der Waals surface area contributed by atoms with Crippen molar-refractivity contribution >= 4 is 28.2 Å². The Morgan fingerprint density at radius 1 is 0.933 bits per heavy atom. The van der Waals surface area contributed by atoms with Crippen LogP contribution >= 0.6 is 0 Å². The van der Waals surface area contributed by atoms with Crippen LogP contribution in [-0.4, -0.2) is 36.1 Å². The number of aromatic nitrogens is 2. The Labute approximate surface area is 174 Å². The van der Waals surface area contributed by atoms with Gasteiger partial charge >= 0.3 is 0 Å². The predicted octanol–water partition coefficient (Wildman–Crippen LogP) is 4.59. The SMILES string of the molecule is Fc1cccc(-c2cccc3cnc(Nc4ccc(N5CCNCC5)cc4)nc23)c1. The number of benzene rings is 3. The second kappa shape index (κ2) is 8.08. The maximum Gasteiger partial charge on any atom is 0.227 e. The van der Waals surface area contributed by atoms with Crippen LogP contribution in [0.1, 0.15) is 0 Å². The van der Waals surface area contributed by atoms with Crippen molar-refractivity contribution < 1.29 is 4.39 Å². The summed E-state index contributed by atoms with van der Waals surface area (Å²) in [7, 11) is 0. The molecule has 0 atom stereocenters. The Morgan fingerprint density at radius 2 is 1.73 bits per heavy atom. The molecule has 1 aromatic heterocycles. The van der Waals surface area contributed by atoms with E-state index in [1.165, 1.54) is 17.8 Å². The molecular weight excluding hydrogens is 377 g/mol. The number of anilines is 3. The average molecular weight is 399 g/mol. The van der Waals surface area contributed by atoms with Gasteiger partial charge in [-0.1, -0.05) is 30.3 Å². The predicted molar refractivity (Wildman–Crippen MR) is 120 cm³/mol. The van der Waals surface area contributed by atoms with E-state index in [0.29, 0.717) is 5.95 Å². The van der Waals surface area contributed by atoms with Crippen molar-refractivity contribution in [1.82, 2.24) is 15.3 Å². The molecule has 5 rings (SSSR count). The highest BCUT2D eigenvalue weighted by Gasteiger charge is 2.11. The van der Waals surface area contributed by atoms with Crippen LogP contribution in [0.25, 0.3) is 22.0 Å². The lowest BCUT2D eigenvalue weighted by molar-refractivity contribution is 0.589. The molecule has 0 spiro atoms. The molecule has 1 fully saturated rings. The normalized spacial score (nSPS) is 14.1. The molecule has 2 heterocycles. The Morgan fingerprint density at radius 3 is 2.53 bits per heavy atom. The van der Waals surface area contributed by atoms with E-state index >= 15 is 0 Å². The first kappa shape index (κ1) is 18.5. The highest BCUT2D eigenvalue weighted by Crippen LogP contribution is 2.29. The van der Waals surface area contributed by atoms with Crippen LogP contribution in [0.4, 0.5) is 21.7 Å². The van der Waals surface area contributed by atoms with E-state index in [0.717, 1.165) is 53.9 Å². The van der Waals surface area contributed by atoms with Gasteiger partial charge in [-0.2, -0.15) is 0 Å². The van der Waals surface area contributed by atoms with Gasteiger partial charge in [-0.15, -0.1) is 0 Å². The number of halogens is 1. The fourth-order valence-electron chi connectivity index (χ4n) is 3.81. The molecule has 1 aliphatic rings. The third-order valence-electron chi connectivity index (χ3n) is 5.35. The first-order valence-corrected chi connectivity index (χ1v) is 10.1. The van der Waals surface area contributed by atoms with E-state index in [9.17, 15) is 4.39 Å². The molecular formula is C24H22FN5. The van der Waals surface area contributed by atoms with Crippen LogP contribution in [0, 0.1) is 5.82 Å². The fraction of sp³-hybridized carbons (Fsp3) is 0.167. The third-order valence-corrected chi connectivity index (χ3v) is 5.35. The topological polar surface area (TPSA) is 53.1 Å². The number of hydrogen-bond acceptors (Lipinski definition) is 5. The summed E-state index contributed by atoms with van der Waals surface area (Å²) >= 11 is 0. The van der Waals surface area contributed by atoms with Gasteiger partial charge in [0.1, 0.15) is 5.82 Å². The molecule has 6 heteroatoms. The largest absolute Gasteiger partial charge is 0.369 e. The molecule has 0 radical (unpaired) electrons.